The molecule has 0 unspecified atom stereocenters. The van der Waals surface area contributed by atoms with Gasteiger partial charge in [-0.05, 0) is 31.8 Å². The molecule has 3 saturated carbocycles. The van der Waals surface area contributed by atoms with Gasteiger partial charge in [0.2, 0.25) is 5.79 Å². The third kappa shape index (κ3) is 2.05. The van der Waals surface area contributed by atoms with E-state index in [2.05, 4.69) is 6.58 Å². The van der Waals surface area contributed by atoms with Crippen molar-refractivity contribution in [1.82, 2.24) is 0 Å². The molecule has 8 nitrogen and oxygen atoms in total. The summed E-state index contributed by atoms with van der Waals surface area (Å²) in [7, 11) is 0. The summed E-state index contributed by atoms with van der Waals surface area (Å²) < 4.78 is 24.3. The van der Waals surface area contributed by atoms with Gasteiger partial charge in [0.15, 0.2) is 0 Å². The van der Waals surface area contributed by atoms with E-state index in [9.17, 15) is 19.8 Å². The van der Waals surface area contributed by atoms with E-state index in [-0.39, 0.29) is 30.3 Å². The maximum Gasteiger partial charge on any atom is 0.336 e. The number of ether oxygens (including phenoxy) is 4. The first-order valence-electron chi connectivity index (χ1n) is 11.5. The van der Waals surface area contributed by atoms with Gasteiger partial charge in [0.05, 0.1) is 12.0 Å². The largest absolute Gasteiger partial charge is 0.459 e. The molecular weight excluding hydrogens is 416 g/mol. The number of fused-ring (bicyclic) bond motifs is 5. The van der Waals surface area contributed by atoms with Gasteiger partial charge >= 0.3 is 11.9 Å². The molecule has 0 aromatic rings. The molecule has 0 spiro atoms. The average Bonchev–Trinajstić information content (AvgIpc) is 3.53. The SMILES string of the molecule is C=C1[C@@H]2[C@@H](C3=C(C)C(=O)O[C@@]3(O)C[C@@H]1O)[C@]1(C)O[C@@H]1[C@@]13C[C@@H](C)[C@@H](OC(=O)C(C)C)[C@@]21O3. The Morgan fingerprint density at radius 1 is 1.28 bits per heavy atom. The molecule has 0 bridgehead atoms. The van der Waals surface area contributed by atoms with E-state index in [1.165, 1.54) is 0 Å². The van der Waals surface area contributed by atoms with Gasteiger partial charge < -0.3 is 29.2 Å². The Morgan fingerprint density at radius 3 is 2.62 bits per heavy atom. The van der Waals surface area contributed by atoms with Crippen molar-refractivity contribution in [2.24, 2.45) is 23.7 Å². The summed E-state index contributed by atoms with van der Waals surface area (Å²) >= 11 is 0. The van der Waals surface area contributed by atoms with Crippen LogP contribution in [-0.4, -0.2) is 63.1 Å². The van der Waals surface area contributed by atoms with E-state index >= 15 is 0 Å². The molecule has 10 atom stereocenters. The Kier molecular flexibility index (Phi) is 3.69. The van der Waals surface area contributed by atoms with Crippen LogP contribution in [-0.2, 0) is 28.5 Å². The molecule has 0 aromatic heterocycles. The van der Waals surface area contributed by atoms with Crippen molar-refractivity contribution < 1.29 is 38.7 Å². The first-order chi connectivity index (χ1) is 14.8. The van der Waals surface area contributed by atoms with Gasteiger partial charge in [0, 0.05) is 29.4 Å². The van der Waals surface area contributed by atoms with E-state index < -0.39 is 52.6 Å². The summed E-state index contributed by atoms with van der Waals surface area (Å²) in [6, 6.07) is 0. The number of epoxide rings is 2. The molecule has 5 fully saturated rings. The van der Waals surface area contributed by atoms with Crippen LogP contribution in [0.5, 0.6) is 0 Å². The third-order valence-corrected chi connectivity index (χ3v) is 8.92. The van der Waals surface area contributed by atoms with Crippen molar-refractivity contribution in [2.75, 3.05) is 0 Å². The number of hydrogen-bond donors (Lipinski definition) is 2. The fourth-order valence-corrected chi connectivity index (χ4v) is 7.57. The minimum Gasteiger partial charge on any atom is -0.459 e. The lowest BCUT2D eigenvalue weighted by atomic mass is 9.58. The zero-order valence-electron chi connectivity index (χ0n) is 19.0. The molecule has 3 aliphatic heterocycles. The molecule has 3 heterocycles. The van der Waals surface area contributed by atoms with Gasteiger partial charge in [-0.25, -0.2) is 4.79 Å². The molecule has 0 amide bonds. The monoisotopic (exact) mass is 446 g/mol. The molecule has 2 N–H and O–H groups in total. The normalized spacial score (nSPS) is 54.8. The van der Waals surface area contributed by atoms with Crippen LogP contribution in [0.3, 0.4) is 0 Å². The first-order valence-corrected chi connectivity index (χ1v) is 11.5. The Labute approximate surface area is 186 Å². The number of carbonyl (C=O) groups is 2. The van der Waals surface area contributed by atoms with Gasteiger partial charge in [0.1, 0.15) is 29.0 Å². The summed E-state index contributed by atoms with van der Waals surface area (Å²) in [4.78, 5) is 25.2. The highest BCUT2D eigenvalue weighted by molar-refractivity contribution is 5.92. The van der Waals surface area contributed by atoms with Gasteiger partial charge in [-0.2, -0.15) is 0 Å². The lowest BCUT2D eigenvalue weighted by molar-refractivity contribution is -0.190. The molecule has 6 rings (SSSR count). The predicted molar refractivity (Wildman–Crippen MR) is 109 cm³/mol. The molecular formula is C24H30O8. The Hall–Kier alpha value is -1.74. The van der Waals surface area contributed by atoms with E-state index in [0.717, 1.165) is 0 Å². The second kappa shape index (κ2) is 5.66. The van der Waals surface area contributed by atoms with Crippen LogP contribution in [0.1, 0.15) is 47.5 Å². The van der Waals surface area contributed by atoms with Gasteiger partial charge in [-0.3, -0.25) is 4.79 Å². The molecule has 0 aromatic carbocycles. The average molecular weight is 446 g/mol. The molecule has 2 saturated heterocycles. The number of esters is 2. The van der Waals surface area contributed by atoms with Crippen molar-refractivity contribution in [2.45, 2.75) is 88.4 Å². The van der Waals surface area contributed by atoms with Crippen molar-refractivity contribution in [1.29, 1.82) is 0 Å². The van der Waals surface area contributed by atoms with E-state index in [4.69, 9.17) is 18.9 Å². The van der Waals surface area contributed by atoms with Crippen LogP contribution in [0.25, 0.3) is 0 Å². The van der Waals surface area contributed by atoms with E-state index in [1.807, 2.05) is 13.8 Å². The maximum atomic E-state index is 12.6. The van der Waals surface area contributed by atoms with Crippen molar-refractivity contribution >= 4 is 11.9 Å². The van der Waals surface area contributed by atoms with Gasteiger partial charge in [-0.1, -0.05) is 27.4 Å². The lowest BCUT2D eigenvalue weighted by Gasteiger charge is -2.42. The lowest BCUT2D eigenvalue weighted by Crippen LogP contribution is -2.56. The fraction of sp³-hybridized carbons (Fsp3) is 0.750. The fourth-order valence-electron chi connectivity index (χ4n) is 7.57. The molecule has 3 aliphatic carbocycles. The zero-order chi connectivity index (χ0) is 23.2. The first kappa shape index (κ1) is 20.8. The molecule has 32 heavy (non-hydrogen) atoms. The minimum absolute atomic E-state index is 0.0160. The highest BCUT2D eigenvalue weighted by atomic mass is 16.7. The number of aliphatic hydroxyl groups is 2. The number of carbonyl (C=O) groups excluding carboxylic acids is 2. The Bertz CT molecular complexity index is 1020. The predicted octanol–water partition coefficient (Wildman–Crippen LogP) is 1.39. The second-order valence-corrected chi connectivity index (χ2v) is 11.1. The van der Waals surface area contributed by atoms with Crippen LogP contribution < -0.4 is 0 Å². The summed E-state index contributed by atoms with van der Waals surface area (Å²) in [6.45, 7) is 13.4. The topological polar surface area (TPSA) is 118 Å². The highest BCUT2D eigenvalue weighted by Crippen LogP contribution is 2.81. The molecule has 8 heteroatoms. The molecule has 6 aliphatic rings. The standard InChI is InChI=1S/C24H30O8/c1-9(2)18(26)29-17-10(3)7-22-20-21(6,31-20)16-14-12(5)19(27)30-23(14,28)8-13(25)11(4)15(16)24(17,22)32-22/h9-10,13,15-17,20,25,28H,4,7-8H2,1-3,5-6H3/t10-,13+,15-,16-,17-,20+,21+,22+,23+,24+/m1/s1. The second-order valence-electron chi connectivity index (χ2n) is 11.1. The van der Waals surface area contributed by atoms with Gasteiger partial charge in [0.25, 0.3) is 0 Å². The van der Waals surface area contributed by atoms with Crippen molar-refractivity contribution in [3.63, 3.8) is 0 Å². The third-order valence-electron chi connectivity index (χ3n) is 8.92. The summed E-state index contributed by atoms with van der Waals surface area (Å²) in [6.07, 6.45) is -1.49. The zero-order valence-corrected chi connectivity index (χ0v) is 19.0. The minimum atomic E-state index is -1.93. The summed E-state index contributed by atoms with van der Waals surface area (Å²) in [5, 5.41) is 22.5. The van der Waals surface area contributed by atoms with Crippen LogP contribution in [0.4, 0.5) is 0 Å². The number of aliphatic hydroxyl groups excluding tert-OH is 1. The van der Waals surface area contributed by atoms with Crippen LogP contribution in [0.2, 0.25) is 0 Å². The van der Waals surface area contributed by atoms with Crippen LogP contribution in [0.15, 0.2) is 23.3 Å². The quantitative estimate of drug-likeness (QED) is 0.371. The summed E-state index contributed by atoms with van der Waals surface area (Å²) in [5.74, 6) is -4.14. The smallest absolute Gasteiger partial charge is 0.336 e. The van der Waals surface area contributed by atoms with Crippen molar-refractivity contribution in [3.05, 3.63) is 23.3 Å². The van der Waals surface area contributed by atoms with Crippen LogP contribution in [0, 0.1) is 23.7 Å². The van der Waals surface area contributed by atoms with E-state index in [0.29, 0.717) is 23.1 Å². The highest BCUT2D eigenvalue weighted by Gasteiger charge is 2.96. The maximum absolute atomic E-state index is 12.6. The number of hydrogen-bond acceptors (Lipinski definition) is 8. The van der Waals surface area contributed by atoms with E-state index in [1.54, 1.807) is 20.8 Å². The van der Waals surface area contributed by atoms with Crippen LogP contribution >= 0.6 is 0 Å². The van der Waals surface area contributed by atoms with Crippen molar-refractivity contribution in [3.8, 4) is 0 Å². The number of rotatable bonds is 2. The Morgan fingerprint density at radius 2 is 1.97 bits per heavy atom. The molecule has 174 valence electrons. The summed E-state index contributed by atoms with van der Waals surface area (Å²) in [5.41, 5.74) is -1.04. The van der Waals surface area contributed by atoms with Gasteiger partial charge in [-0.15, -0.1) is 0 Å². The Balaban J connectivity index is 1.55. The molecule has 0 radical (unpaired) electrons.